The van der Waals surface area contributed by atoms with E-state index in [2.05, 4.69) is 9.47 Å². The highest BCUT2D eigenvalue weighted by molar-refractivity contribution is 5.85. The van der Waals surface area contributed by atoms with Gasteiger partial charge in [-0.3, -0.25) is 20.2 Å². The van der Waals surface area contributed by atoms with Gasteiger partial charge in [0.05, 0.1) is 15.9 Å². The van der Waals surface area contributed by atoms with Crippen molar-refractivity contribution in [2.75, 3.05) is 13.2 Å². The first-order chi connectivity index (χ1) is 17.8. The van der Waals surface area contributed by atoms with Gasteiger partial charge in [0.15, 0.2) is 19.0 Å². The summed E-state index contributed by atoms with van der Waals surface area (Å²) in [5, 5.41) is 30.2. The van der Waals surface area contributed by atoms with Gasteiger partial charge >= 0.3 is 35.3 Å². The van der Waals surface area contributed by atoms with Crippen molar-refractivity contribution < 1.29 is 64.3 Å². The highest BCUT2D eigenvalue weighted by Crippen LogP contribution is 2.53. The Morgan fingerprint density at radius 2 is 1.33 bits per heavy atom. The maximum Gasteiger partial charge on any atom is 0.381 e. The van der Waals surface area contributed by atoms with Crippen LogP contribution in [-0.2, 0) is 4.79 Å². The molecule has 0 saturated carbocycles. The van der Waals surface area contributed by atoms with Crippen molar-refractivity contribution in [3.63, 3.8) is 0 Å². The van der Waals surface area contributed by atoms with E-state index in [4.69, 9.17) is 5.11 Å². The number of hydrogen-bond donors (Lipinski definition) is 1. The molecule has 0 unspecified atom stereocenters. The lowest BCUT2D eigenvalue weighted by Crippen LogP contribution is -2.65. The van der Waals surface area contributed by atoms with Crippen LogP contribution < -0.4 is 9.47 Å². The third kappa shape index (κ3) is 6.68. The van der Waals surface area contributed by atoms with Crippen LogP contribution in [0.4, 0.5) is 46.5 Å². The number of carbonyl (C=O) groups is 1. The molecule has 0 amide bonds. The fourth-order valence-corrected chi connectivity index (χ4v) is 2.71. The Morgan fingerprint density at radius 3 is 1.79 bits per heavy atom. The van der Waals surface area contributed by atoms with Gasteiger partial charge in [-0.25, -0.2) is 4.79 Å². The third-order valence-corrected chi connectivity index (χ3v) is 4.79. The van der Waals surface area contributed by atoms with Crippen LogP contribution in [0.1, 0.15) is 5.56 Å². The predicted octanol–water partition coefficient (Wildman–Crippen LogP) is 5.60. The van der Waals surface area contributed by atoms with Gasteiger partial charge in [-0.05, 0) is 29.8 Å². The minimum Gasteiger partial charge on any atom is -0.487 e. The molecule has 0 fully saturated rings. The van der Waals surface area contributed by atoms with Crippen molar-refractivity contribution in [1.82, 2.24) is 0 Å². The molecule has 0 aliphatic heterocycles. The Labute approximate surface area is 211 Å². The van der Waals surface area contributed by atoms with Crippen LogP contribution in [0.25, 0.3) is 6.08 Å². The van der Waals surface area contributed by atoms with Gasteiger partial charge in [-0.2, -0.15) is 35.1 Å². The van der Waals surface area contributed by atoms with Crippen molar-refractivity contribution in [3.8, 4) is 11.5 Å². The molecule has 0 radical (unpaired) electrons. The summed E-state index contributed by atoms with van der Waals surface area (Å²) in [4.78, 5) is 29.6. The zero-order valence-corrected chi connectivity index (χ0v) is 18.8. The molecule has 0 aliphatic rings. The van der Waals surface area contributed by atoms with E-state index in [-0.39, 0.29) is 11.6 Å². The number of nitrogens with zero attached hydrogens (tertiary/aromatic N) is 2. The molecule has 0 saturated heterocycles. The van der Waals surface area contributed by atoms with Crippen molar-refractivity contribution in [2.45, 2.75) is 23.7 Å². The number of aliphatic carboxylic acids is 1. The SMILES string of the molecule is O=C(O)/C=C/c1ccc(OCC(F)(F)C(F)(F)C(F)(F)C(F)(F)COc2ccc([N+](=O)[O-])cc2[N+](=O)[O-])cc1. The first-order valence-electron chi connectivity index (χ1n) is 10.0. The Balaban J connectivity index is 2.20. The first-order valence-corrected chi connectivity index (χ1v) is 10.0. The smallest absolute Gasteiger partial charge is 0.381 e. The standard InChI is InChI=1S/C21H14F8N2O8/c22-18(23,10-38-14-5-1-12(2-6-14)3-8-17(32)33)20(26,27)21(28,29)19(24,25)11-39-16-7-4-13(30(34)35)9-15(16)31(36)37/h1-9H,10-11H2,(H,32,33)/b8-3+. The third-order valence-electron chi connectivity index (χ3n) is 4.79. The average molecular weight is 574 g/mol. The number of carboxylic acid groups (broad SMARTS) is 1. The summed E-state index contributed by atoms with van der Waals surface area (Å²) in [7, 11) is 0. The van der Waals surface area contributed by atoms with E-state index in [1.54, 1.807) is 0 Å². The zero-order valence-electron chi connectivity index (χ0n) is 18.8. The van der Waals surface area contributed by atoms with Crippen molar-refractivity contribution in [2.24, 2.45) is 0 Å². The summed E-state index contributed by atoms with van der Waals surface area (Å²) in [6, 6.07) is 4.99. The molecule has 2 aromatic carbocycles. The van der Waals surface area contributed by atoms with E-state index in [1.807, 2.05) is 0 Å². The molecule has 2 aromatic rings. The molecule has 0 spiro atoms. The van der Waals surface area contributed by atoms with Crippen LogP contribution in [0.5, 0.6) is 11.5 Å². The summed E-state index contributed by atoms with van der Waals surface area (Å²) >= 11 is 0. The largest absolute Gasteiger partial charge is 0.487 e. The van der Waals surface area contributed by atoms with E-state index in [0.717, 1.165) is 30.3 Å². The number of nitro groups is 2. The highest BCUT2D eigenvalue weighted by atomic mass is 19.4. The first kappa shape index (κ1) is 30.7. The number of nitro benzene ring substituents is 2. The van der Waals surface area contributed by atoms with Gasteiger partial charge in [0, 0.05) is 12.1 Å². The van der Waals surface area contributed by atoms with Crippen LogP contribution in [0.3, 0.4) is 0 Å². The lowest BCUT2D eigenvalue weighted by Gasteiger charge is -2.36. The molecular weight excluding hydrogens is 560 g/mol. The second kappa shape index (κ2) is 11.1. The number of hydrogen-bond acceptors (Lipinski definition) is 7. The second-order valence-electron chi connectivity index (χ2n) is 7.54. The molecular formula is C21H14F8N2O8. The Bertz CT molecular complexity index is 1270. The van der Waals surface area contributed by atoms with Crippen LogP contribution in [0, 0.1) is 20.2 Å². The normalized spacial score (nSPS) is 12.8. The number of alkyl halides is 8. The van der Waals surface area contributed by atoms with Gasteiger partial charge in [-0.1, -0.05) is 12.1 Å². The topological polar surface area (TPSA) is 142 Å². The quantitative estimate of drug-likeness (QED) is 0.141. The Kier molecular flexibility index (Phi) is 8.72. The van der Waals surface area contributed by atoms with E-state index in [9.17, 15) is 60.1 Å². The fourth-order valence-electron chi connectivity index (χ4n) is 2.71. The number of ether oxygens (including phenoxy) is 2. The van der Waals surface area contributed by atoms with E-state index >= 15 is 0 Å². The lowest BCUT2D eigenvalue weighted by atomic mass is 9.99. The molecule has 2 rings (SSSR count). The van der Waals surface area contributed by atoms with Crippen LogP contribution in [0.15, 0.2) is 48.5 Å². The Hall–Kier alpha value is -4.51. The lowest BCUT2D eigenvalue weighted by molar-refractivity contribution is -0.395. The minimum atomic E-state index is -6.80. The highest BCUT2D eigenvalue weighted by Gasteiger charge is 2.81. The zero-order chi connectivity index (χ0) is 29.8. The summed E-state index contributed by atoms with van der Waals surface area (Å²) in [5.74, 6) is -28.7. The maximum atomic E-state index is 14.1. The number of rotatable bonds is 13. The van der Waals surface area contributed by atoms with Crippen molar-refractivity contribution >= 4 is 23.4 Å². The second-order valence-corrected chi connectivity index (χ2v) is 7.54. The molecule has 0 heterocycles. The molecule has 0 aliphatic carbocycles. The van der Waals surface area contributed by atoms with Crippen molar-refractivity contribution in [3.05, 3.63) is 74.3 Å². The molecule has 0 atom stereocenters. The van der Waals surface area contributed by atoms with Crippen LogP contribution in [-0.4, -0.2) is 57.8 Å². The molecule has 39 heavy (non-hydrogen) atoms. The summed E-state index contributed by atoms with van der Waals surface area (Å²) in [6.07, 6.45) is 1.77. The van der Waals surface area contributed by atoms with Gasteiger partial charge in [-0.15, -0.1) is 0 Å². The monoisotopic (exact) mass is 574 g/mol. The fraction of sp³-hybridized carbons (Fsp3) is 0.286. The van der Waals surface area contributed by atoms with Gasteiger partial charge < -0.3 is 14.6 Å². The molecule has 10 nitrogen and oxygen atoms in total. The summed E-state index contributed by atoms with van der Waals surface area (Å²) in [6.45, 7) is -5.25. The van der Waals surface area contributed by atoms with Crippen LogP contribution in [0.2, 0.25) is 0 Å². The molecule has 1 N–H and O–H groups in total. The van der Waals surface area contributed by atoms with Gasteiger partial charge in [0.25, 0.3) is 5.69 Å². The number of benzene rings is 2. The summed E-state index contributed by atoms with van der Waals surface area (Å²) < 4.78 is 121. The van der Waals surface area contributed by atoms with E-state index in [1.165, 1.54) is 0 Å². The van der Waals surface area contributed by atoms with Gasteiger partial charge in [0.2, 0.25) is 0 Å². The number of halogens is 8. The number of carboxylic acids is 1. The molecule has 212 valence electrons. The molecule has 0 aromatic heterocycles. The Morgan fingerprint density at radius 1 is 0.821 bits per heavy atom. The van der Waals surface area contributed by atoms with Crippen LogP contribution >= 0.6 is 0 Å². The molecule has 0 bridgehead atoms. The molecule has 18 heteroatoms. The van der Waals surface area contributed by atoms with Gasteiger partial charge in [0.1, 0.15) is 5.75 Å². The summed E-state index contributed by atoms with van der Waals surface area (Å²) in [5.41, 5.74) is -2.09. The van der Waals surface area contributed by atoms with E-state index < -0.39 is 75.6 Å². The van der Waals surface area contributed by atoms with E-state index in [0.29, 0.717) is 18.2 Å². The minimum absolute atomic E-state index is 0.196. The maximum absolute atomic E-state index is 14.1. The predicted molar refractivity (Wildman–Crippen MR) is 114 cm³/mol. The number of non-ortho nitro benzene ring substituents is 1. The van der Waals surface area contributed by atoms with Crippen molar-refractivity contribution in [1.29, 1.82) is 0 Å². The average Bonchev–Trinajstić information content (AvgIpc) is 2.85.